The maximum Gasteiger partial charge on any atom is 0.139 e. The minimum Gasteiger partial charge on any atom is -0.310 e. The Balaban J connectivity index is 2.16. The van der Waals surface area contributed by atoms with Crippen LogP contribution in [0.3, 0.4) is 0 Å². The molecule has 1 saturated heterocycles. The number of benzene rings is 1. The van der Waals surface area contributed by atoms with Crippen molar-refractivity contribution in [1.29, 1.82) is 0 Å². The summed E-state index contributed by atoms with van der Waals surface area (Å²) in [4.78, 5) is 0. The molecule has 2 rings (SSSR count). The fourth-order valence-corrected chi connectivity index (χ4v) is 2.06. The summed E-state index contributed by atoms with van der Waals surface area (Å²) < 4.78 is 13.8. The molecule has 0 bridgehead atoms. The molecule has 2 heteroatoms. The normalized spacial score (nSPS) is 19.1. The second-order valence-electron chi connectivity index (χ2n) is 4.43. The lowest BCUT2D eigenvalue weighted by atomic mass is 9.90. The summed E-state index contributed by atoms with van der Waals surface area (Å²) >= 11 is 0. The van der Waals surface area contributed by atoms with E-state index in [0.717, 1.165) is 5.56 Å². The Labute approximate surface area is 84.3 Å². The van der Waals surface area contributed by atoms with Gasteiger partial charge in [0.15, 0.2) is 0 Å². The molecule has 0 atom stereocenters. The Hall–Kier alpha value is -0.890. The second-order valence-corrected chi connectivity index (χ2v) is 4.43. The first-order valence-electron chi connectivity index (χ1n) is 5.04. The molecular formula is C12H16FN. The molecular weight excluding hydrogens is 177 g/mol. The van der Waals surface area contributed by atoms with Crippen LogP contribution in [-0.4, -0.2) is 18.8 Å². The molecule has 0 saturated carbocycles. The highest BCUT2D eigenvalue weighted by Crippen LogP contribution is 2.23. The Morgan fingerprint density at radius 3 is 2.21 bits per heavy atom. The van der Waals surface area contributed by atoms with Gasteiger partial charge in [0, 0.05) is 19.5 Å². The fraction of sp³-hybridized carbons (Fsp3) is 0.500. The van der Waals surface area contributed by atoms with E-state index in [1.807, 2.05) is 0 Å². The predicted molar refractivity (Wildman–Crippen MR) is 56.3 cm³/mol. The standard InChI is InChI=1S/C12H16FN/c1-9-3-10(2)5-11(4-9)6-12(13)7-14-8-12/h3-5,14H,6-8H2,1-2H3. The van der Waals surface area contributed by atoms with Gasteiger partial charge in [-0.3, -0.25) is 0 Å². The average Bonchev–Trinajstić information content (AvgIpc) is 1.99. The third-order valence-electron chi connectivity index (χ3n) is 2.69. The number of nitrogens with one attached hydrogen (secondary N) is 1. The van der Waals surface area contributed by atoms with E-state index in [9.17, 15) is 4.39 Å². The first-order valence-corrected chi connectivity index (χ1v) is 5.04. The first kappa shape index (κ1) is 9.66. The molecule has 1 aromatic carbocycles. The molecule has 1 aromatic rings. The third kappa shape index (κ3) is 1.95. The zero-order chi connectivity index (χ0) is 10.2. The summed E-state index contributed by atoms with van der Waals surface area (Å²) in [6.45, 7) is 5.11. The van der Waals surface area contributed by atoms with E-state index in [1.54, 1.807) is 0 Å². The molecule has 0 aliphatic carbocycles. The molecule has 0 unspecified atom stereocenters. The van der Waals surface area contributed by atoms with Crippen LogP contribution in [0.5, 0.6) is 0 Å². The Morgan fingerprint density at radius 2 is 1.79 bits per heavy atom. The van der Waals surface area contributed by atoms with E-state index in [-0.39, 0.29) is 0 Å². The van der Waals surface area contributed by atoms with Gasteiger partial charge in [-0.2, -0.15) is 0 Å². The first-order chi connectivity index (χ1) is 6.57. The lowest BCUT2D eigenvalue weighted by Crippen LogP contribution is -2.57. The van der Waals surface area contributed by atoms with E-state index >= 15 is 0 Å². The van der Waals surface area contributed by atoms with E-state index in [0.29, 0.717) is 19.5 Å². The minimum absolute atomic E-state index is 0.500. The average molecular weight is 193 g/mol. The molecule has 1 aliphatic rings. The van der Waals surface area contributed by atoms with Crippen molar-refractivity contribution in [2.75, 3.05) is 13.1 Å². The maximum absolute atomic E-state index is 13.8. The molecule has 76 valence electrons. The largest absolute Gasteiger partial charge is 0.310 e. The Bertz CT molecular complexity index is 322. The van der Waals surface area contributed by atoms with Crippen molar-refractivity contribution in [3.8, 4) is 0 Å². The van der Waals surface area contributed by atoms with Gasteiger partial charge in [-0.25, -0.2) is 4.39 Å². The zero-order valence-electron chi connectivity index (χ0n) is 8.73. The maximum atomic E-state index is 13.8. The van der Waals surface area contributed by atoms with Gasteiger partial charge in [-0.1, -0.05) is 29.3 Å². The number of hydrogen-bond acceptors (Lipinski definition) is 1. The molecule has 1 nitrogen and oxygen atoms in total. The Morgan fingerprint density at radius 1 is 1.21 bits per heavy atom. The van der Waals surface area contributed by atoms with Gasteiger partial charge in [-0.15, -0.1) is 0 Å². The zero-order valence-corrected chi connectivity index (χ0v) is 8.73. The van der Waals surface area contributed by atoms with Gasteiger partial charge in [-0.05, 0) is 19.4 Å². The third-order valence-corrected chi connectivity index (χ3v) is 2.69. The van der Waals surface area contributed by atoms with Crippen LogP contribution in [0.15, 0.2) is 18.2 Å². The topological polar surface area (TPSA) is 12.0 Å². The van der Waals surface area contributed by atoms with Crippen molar-refractivity contribution in [2.45, 2.75) is 25.9 Å². The molecule has 0 radical (unpaired) electrons. The van der Waals surface area contributed by atoms with Crippen molar-refractivity contribution in [1.82, 2.24) is 5.32 Å². The summed E-state index contributed by atoms with van der Waals surface area (Å²) in [5, 5.41) is 2.98. The van der Waals surface area contributed by atoms with Crippen molar-refractivity contribution < 1.29 is 4.39 Å². The number of rotatable bonds is 2. The molecule has 0 aromatic heterocycles. The van der Waals surface area contributed by atoms with Crippen LogP contribution in [0.1, 0.15) is 16.7 Å². The smallest absolute Gasteiger partial charge is 0.139 e. The van der Waals surface area contributed by atoms with Crippen LogP contribution >= 0.6 is 0 Å². The fourth-order valence-electron chi connectivity index (χ4n) is 2.06. The van der Waals surface area contributed by atoms with Crippen LogP contribution < -0.4 is 5.32 Å². The number of halogens is 1. The van der Waals surface area contributed by atoms with E-state index in [1.165, 1.54) is 11.1 Å². The van der Waals surface area contributed by atoms with Gasteiger partial charge in [0.1, 0.15) is 5.67 Å². The van der Waals surface area contributed by atoms with Crippen molar-refractivity contribution in [3.05, 3.63) is 34.9 Å². The predicted octanol–water partition coefficient (Wildman–Crippen LogP) is 2.16. The Kier molecular flexibility index (Phi) is 2.31. The van der Waals surface area contributed by atoms with E-state index < -0.39 is 5.67 Å². The molecule has 1 fully saturated rings. The van der Waals surface area contributed by atoms with Crippen molar-refractivity contribution in [2.24, 2.45) is 0 Å². The molecule has 1 aliphatic heterocycles. The lowest BCUT2D eigenvalue weighted by molar-refractivity contribution is 0.0911. The SMILES string of the molecule is Cc1cc(C)cc(CC2(F)CNC2)c1. The highest BCUT2D eigenvalue weighted by molar-refractivity contribution is 5.30. The molecule has 14 heavy (non-hydrogen) atoms. The highest BCUT2D eigenvalue weighted by atomic mass is 19.1. The van der Waals surface area contributed by atoms with Gasteiger partial charge >= 0.3 is 0 Å². The summed E-state index contributed by atoms with van der Waals surface area (Å²) in [5.41, 5.74) is 2.55. The number of aryl methyl sites for hydroxylation is 2. The van der Waals surface area contributed by atoms with Gasteiger partial charge in [0.05, 0.1) is 0 Å². The van der Waals surface area contributed by atoms with Crippen LogP contribution in [0.2, 0.25) is 0 Å². The molecule has 1 N–H and O–H groups in total. The van der Waals surface area contributed by atoms with Crippen molar-refractivity contribution in [3.63, 3.8) is 0 Å². The minimum atomic E-state index is -1.000. The molecule has 0 amide bonds. The van der Waals surface area contributed by atoms with Crippen LogP contribution in [0, 0.1) is 13.8 Å². The van der Waals surface area contributed by atoms with Crippen LogP contribution in [0.4, 0.5) is 4.39 Å². The summed E-state index contributed by atoms with van der Waals surface area (Å²) in [7, 11) is 0. The molecule has 1 heterocycles. The van der Waals surface area contributed by atoms with Crippen molar-refractivity contribution >= 4 is 0 Å². The van der Waals surface area contributed by atoms with E-state index in [4.69, 9.17) is 0 Å². The van der Waals surface area contributed by atoms with Crippen LogP contribution in [-0.2, 0) is 6.42 Å². The summed E-state index contributed by atoms with van der Waals surface area (Å²) in [6, 6.07) is 6.27. The molecule has 0 spiro atoms. The lowest BCUT2D eigenvalue weighted by Gasteiger charge is -2.35. The number of alkyl halides is 1. The summed E-state index contributed by atoms with van der Waals surface area (Å²) in [5.74, 6) is 0. The van der Waals surface area contributed by atoms with Gasteiger partial charge in [0.2, 0.25) is 0 Å². The second kappa shape index (κ2) is 3.35. The van der Waals surface area contributed by atoms with Gasteiger partial charge < -0.3 is 5.32 Å². The monoisotopic (exact) mass is 193 g/mol. The quantitative estimate of drug-likeness (QED) is 0.759. The van der Waals surface area contributed by atoms with Gasteiger partial charge in [0.25, 0.3) is 0 Å². The summed E-state index contributed by atoms with van der Waals surface area (Å²) in [6.07, 6.45) is 0.544. The highest BCUT2D eigenvalue weighted by Gasteiger charge is 2.36. The van der Waals surface area contributed by atoms with Crippen LogP contribution in [0.25, 0.3) is 0 Å². The van der Waals surface area contributed by atoms with E-state index in [2.05, 4.69) is 37.4 Å². The number of hydrogen-bond donors (Lipinski definition) is 1.